The van der Waals surface area contributed by atoms with Crippen molar-refractivity contribution in [3.05, 3.63) is 146 Å². The molecule has 4 amide bonds. The summed E-state index contributed by atoms with van der Waals surface area (Å²) < 4.78 is 24.2. The lowest BCUT2D eigenvalue weighted by Gasteiger charge is -2.15. The van der Waals surface area contributed by atoms with Gasteiger partial charge in [-0.25, -0.2) is 9.80 Å². The Labute approximate surface area is 274 Å². The van der Waals surface area contributed by atoms with Crippen LogP contribution in [0.5, 0.6) is 46.0 Å². The number of amides is 4. The Balaban J connectivity index is 1.01. The zero-order chi connectivity index (χ0) is 33.0. The molecule has 0 spiro atoms. The van der Waals surface area contributed by atoms with Crippen molar-refractivity contribution in [2.24, 2.45) is 0 Å². The summed E-state index contributed by atoms with van der Waals surface area (Å²) in [4.78, 5) is 50.4. The van der Waals surface area contributed by atoms with Crippen LogP contribution in [0, 0.1) is 0 Å². The molecule has 0 fully saturated rings. The lowest BCUT2D eigenvalue weighted by molar-refractivity contribution is -0.121. The molecule has 0 aliphatic carbocycles. The molecule has 0 atom stereocenters. The molecular weight excluding hydrogens is 612 g/mol. The van der Waals surface area contributed by atoms with E-state index in [4.69, 9.17) is 18.9 Å². The first-order chi connectivity index (χ1) is 23.4. The minimum Gasteiger partial charge on any atom is -0.457 e. The fourth-order valence-electron chi connectivity index (χ4n) is 5.03. The molecule has 10 nitrogen and oxygen atoms in total. The van der Waals surface area contributed by atoms with E-state index in [1.165, 1.54) is 24.3 Å². The predicted molar refractivity (Wildman–Crippen MR) is 176 cm³/mol. The van der Waals surface area contributed by atoms with Crippen molar-refractivity contribution in [1.29, 1.82) is 0 Å². The van der Waals surface area contributed by atoms with Gasteiger partial charge in [-0.2, -0.15) is 0 Å². The number of nitrogens with zero attached hydrogens (tertiary/aromatic N) is 2. The highest BCUT2D eigenvalue weighted by molar-refractivity contribution is 6.28. The highest BCUT2D eigenvalue weighted by Gasteiger charge is 2.26. The molecule has 0 unspecified atom stereocenters. The van der Waals surface area contributed by atoms with Crippen molar-refractivity contribution in [2.75, 3.05) is 9.80 Å². The van der Waals surface area contributed by atoms with Crippen LogP contribution >= 0.6 is 0 Å². The summed E-state index contributed by atoms with van der Waals surface area (Å²) >= 11 is 0. The smallest absolute Gasteiger partial charge is 0.258 e. The second-order valence-electron chi connectivity index (χ2n) is 10.5. The molecule has 0 saturated heterocycles. The normalized spacial score (nSPS) is 13.8. The molecule has 7 rings (SSSR count). The van der Waals surface area contributed by atoms with E-state index < -0.39 is 23.6 Å². The van der Waals surface area contributed by atoms with Gasteiger partial charge in [0, 0.05) is 54.6 Å². The van der Waals surface area contributed by atoms with Gasteiger partial charge in [0.2, 0.25) is 0 Å². The summed E-state index contributed by atoms with van der Waals surface area (Å²) in [5.41, 5.74) is 0.822. The van der Waals surface area contributed by atoms with Gasteiger partial charge in [-0.3, -0.25) is 19.2 Å². The Bertz CT molecular complexity index is 1970. The molecule has 0 radical (unpaired) electrons. The molecular formula is C38H24N2O8. The Kier molecular flexibility index (Phi) is 7.94. The lowest BCUT2D eigenvalue weighted by atomic mass is 10.2. The molecule has 5 aromatic rings. The molecule has 0 N–H and O–H groups in total. The second-order valence-corrected chi connectivity index (χ2v) is 10.5. The third-order valence-corrected chi connectivity index (χ3v) is 7.13. The second kappa shape index (κ2) is 12.8. The van der Waals surface area contributed by atoms with Crippen molar-refractivity contribution < 1.29 is 38.1 Å². The molecule has 2 aliphatic rings. The number of rotatable bonds is 10. The predicted octanol–water partition coefficient (Wildman–Crippen LogP) is 7.71. The molecule has 0 bridgehead atoms. The van der Waals surface area contributed by atoms with Crippen LogP contribution in [-0.4, -0.2) is 23.6 Å². The molecule has 5 aromatic carbocycles. The molecule has 234 valence electrons. The van der Waals surface area contributed by atoms with Crippen LogP contribution in [0.3, 0.4) is 0 Å². The zero-order valence-electron chi connectivity index (χ0n) is 25.0. The molecule has 2 heterocycles. The highest BCUT2D eigenvalue weighted by Crippen LogP contribution is 2.34. The van der Waals surface area contributed by atoms with E-state index in [0.29, 0.717) is 57.4 Å². The topological polar surface area (TPSA) is 112 Å². The quantitative estimate of drug-likeness (QED) is 0.143. The summed E-state index contributed by atoms with van der Waals surface area (Å²) in [6.07, 6.45) is 4.92. The third-order valence-electron chi connectivity index (χ3n) is 7.13. The minimum atomic E-state index is -0.407. The average Bonchev–Trinajstić information content (AvgIpc) is 3.60. The average molecular weight is 637 g/mol. The van der Waals surface area contributed by atoms with Crippen LogP contribution in [0.2, 0.25) is 0 Å². The van der Waals surface area contributed by atoms with E-state index in [9.17, 15) is 19.2 Å². The number of carbonyl (C=O) groups is 4. The molecule has 0 aromatic heterocycles. The SMILES string of the molecule is O=C1C=CC(=O)N1c1cccc(Oc2cccc(Oc3cccc(Oc4cccc(Oc5cccc(N6C(=O)C=CC6=O)c5)c4)c3)c2)c1. The summed E-state index contributed by atoms with van der Waals surface area (Å²) in [5, 5.41) is 0. The molecule has 48 heavy (non-hydrogen) atoms. The fourth-order valence-corrected chi connectivity index (χ4v) is 5.03. The van der Waals surface area contributed by atoms with Gasteiger partial charge in [-0.1, -0.05) is 30.3 Å². The monoisotopic (exact) mass is 636 g/mol. The number of carbonyl (C=O) groups excluding carboxylic acids is 4. The van der Waals surface area contributed by atoms with E-state index in [-0.39, 0.29) is 0 Å². The first-order valence-corrected chi connectivity index (χ1v) is 14.7. The Morgan fingerprint density at radius 3 is 0.812 bits per heavy atom. The number of benzene rings is 5. The lowest BCUT2D eigenvalue weighted by Crippen LogP contribution is -2.29. The van der Waals surface area contributed by atoms with Gasteiger partial charge < -0.3 is 18.9 Å². The number of anilines is 2. The number of ether oxygens (including phenoxy) is 4. The van der Waals surface area contributed by atoms with E-state index in [1.807, 2.05) is 0 Å². The van der Waals surface area contributed by atoms with Crippen molar-refractivity contribution in [3.8, 4) is 46.0 Å². The molecule has 0 saturated carbocycles. The fraction of sp³-hybridized carbons (Fsp3) is 0. The van der Waals surface area contributed by atoms with Crippen molar-refractivity contribution >= 4 is 35.0 Å². The van der Waals surface area contributed by atoms with Crippen LogP contribution in [0.1, 0.15) is 0 Å². The summed E-state index contributed by atoms with van der Waals surface area (Å²) in [6, 6.07) is 34.6. The van der Waals surface area contributed by atoms with Crippen molar-refractivity contribution in [1.82, 2.24) is 0 Å². The van der Waals surface area contributed by atoms with Gasteiger partial charge >= 0.3 is 0 Å². The van der Waals surface area contributed by atoms with Gasteiger partial charge in [0.1, 0.15) is 46.0 Å². The van der Waals surface area contributed by atoms with E-state index >= 15 is 0 Å². The minimum absolute atomic E-state index is 0.407. The van der Waals surface area contributed by atoms with E-state index in [1.54, 1.807) is 121 Å². The summed E-state index contributed by atoms with van der Waals surface area (Å²) in [7, 11) is 0. The van der Waals surface area contributed by atoms with Crippen LogP contribution in [0.4, 0.5) is 11.4 Å². The van der Waals surface area contributed by atoms with Crippen molar-refractivity contribution in [2.45, 2.75) is 0 Å². The van der Waals surface area contributed by atoms with Gasteiger partial charge in [-0.05, 0) is 60.7 Å². The van der Waals surface area contributed by atoms with Crippen molar-refractivity contribution in [3.63, 3.8) is 0 Å². The highest BCUT2D eigenvalue weighted by atomic mass is 16.5. The maximum absolute atomic E-state index is 12.1. The van der Waals surface area contributed by atoms with Crippen LogP contribution in [-0.2, 0) is 19.2 Å². The van der Waals surface area contributed by atoms with Gasteiger partial charge in [0.25, 0.3) is 23.6 Å². The maximum Gasteiger partial charge on any atom is 0.258 e. The standard InChI is InChI=1S/C38H24N2O8/c41-35-16-17-36(42)39(35)25-6-1-8-27(20-25)45-29-10-3-12-31(22-29)47-33-14-5-15-34(24-33)48-32-13-4-11-30(23-32)46-28-9-2-7-26(21-28)40-37(43)18-19-38(40)44/h1-24H. The Morgan fingerprint density at radius 2 is 0.542 bits per heavy atom. The Morgan fingerprint density at radius 1 is 0.312 bits per heavy atom. The summed E-state index contributed by atoms with van der Waals surface area (Å²) in [6.45, 7) is 0. The van der Waals surface area contributed by atoms with Gasteiger partial charge in [0.05, 0.1) is 11.4 Å². The number of imide groups is 2. The van der Waals surface area contributed by atoms with Crippen LogP contribution in [0.25, 0.3) is 0 Å². The number of hydrogen-bond acceptors (Lipinski definition) is 8. The van der Waals surface area contributed by atoms with Gasteiger partial charge in [0.15, 0.2) is 0 Å². The first kappa shape index (κ1) is 29.8. The molecule has 10 heteroatoms. The summed E-state index contributed by atoms with van der Waals surface area (Å²) in [5.74, 6) is 2.32. The first-order valence-electron chi connectivity index (χ1n) is 14.7. The Hall–Kier alpha value is -6.94. The van der Waals surface area contributed by atoms with Crippen LogP contribution < -0.4 is 28.7 Å². The van der Waals surface area contributed by atoms with E-state index in [2.05, 4.69) is 0 Å². The van der Waals surface area contributed by atoms with E-state index in [0.717, 1.165) is 9.80 Å². The third kappa shape index (κ3) is 6.53. The van der Waals surface area contributed by atoms with Gasteiger partial charge in [-0.15, -0.1) is 0 Å². The number of hydrogen-bond donors (Lipinski definition) is 0. The van der Waals surface area contributed by atoms with Crippen LogP contribution in [0.15, 0.2) is 146 Å². The largest absolute Gasteiger partial charge is 0.457 e. The zero-order valence-corrected chi connectivity index (χ0v) is 25.0. The maximum atomic E-state index is 12.1. The molecule has 2 aliphatic heterocycles.